The van der Waals surface area contributed by atoms with E-state index in [-0.39, 0.29) is 0 Å². The Hall–Kier alpha value is -1.33. The highest BCUT2D eigenvalue weighted by atomic mass is 19.3. The molecule has 0 rings (SSSR count). The summed E-state index contributed by atoms with van der Waals surface area (Å²) in [4.78, 5) is 9.87. The highest BCUT2D eigenvalue weighted by Crippen LogP contribution is 2.32. The minimum absolute atomic E-state index is 1.01. The molecule has 0 bridgehead atoms. The number of halogens is 4. The molecule has 0 spiro atoms. The largest absolute Gasteiger partial charge is 0.478 e. The van der Waals surface area contributed by atoms with E-state index in [4.69, 9.17) is 5.11 Å². The summed E-state index contributed by atoms with van der Waals surface area (Å²) in [6.45, 7) is 2.40. The molecule has 2 nitrogen and oxygen atoms in total. The molecule has 0 fully saturated rings. The summed E-state index contributed by atoms with van der Waals surface area (Å²) in [7, 11) is 0. The van der Waals surface area contributed by atoms with Crippen LogP contribution < -0.4 is 0 Å². The van der Waals surface area contributed by atoms with Gasteiger partial charge in [-0.15, -0.1) is 0 Å². The molecule has 0 aromatic rings. The van der Waals surface area contributed by atoms with Crippen LogP contribution in [0.2, 0.25) is 0 Å². The lowest BCUT2D eigenvalue weighted by molar-refractivity contribution is -0.135. The van der Waals surface area contributed by atoms with Crippen molar-refractivity contribution >= 4 is 5.97 Å². The molecule has 0 aromatic carbocycles. The number of alkyl halides is 2. The maximum absolute atomic E-state index is 12.3. The van der Waals surface area contributed by atoms with Gasteiger partial charge in [-0.3, -0.25) is 0 Å². The Morgan fingerprint density at radius 1 is 1.50 bits per heavy atom. The molecule has 1 N–H and O–H groups in total. The van der Waals surface area contributed by atoms with Crippen LogP contribution in [0.4, 0.5) is 17.6 Å². The third-order valence-electron chi connectivity index (χ3n) is 1.03. The Morgan fingerprint density at radius 3 is 2.17 bits per heavy atom. The summed E-state index contributed by atoms with van der Waals surface area (Å²) in [5.41, 5.74) is -1.71. The van der Waals surface area contributed by atoms with E-state index in [2.05, 4.69) is 6.58 Å². The van der Waals surface area contributed by atoms with Crippen molar-refractivity contribution in [1.29, 1.82) is 0 Å². The lowest BCUT2D eigenvalue weighted by Gasteiger charge is -2.12. The zero-order chi connectivity index (χ0) is 9.94. The molecule has 0 aliphatic carbocycles. The lowest BCUT2D eigenvalue weighted by Crippen LogP contribution is -2.24. The second-order valence-electron chi connectivity index (χ2n) is 1.82. The number of carboxylic acids is 1. The minimum Gasteiger partial charge on any atom is -0.478 e. The van der Waals surface area contributed by atoms with Crippen LogP contribution >= 0.6 is 0 Å². The van der Waals surface area contributed by atoms with Crippen LogP contribution in [-0.4, -0.2) is 17.0 Å². The fourth-order valence-corrected chi connectivity index (χ4v) is 0.347. The molecule has 0 radical (unpaired) electrons. The maximum Gasteiger partial charge on any atom is 0.337 e. The predicted molar refractivity (Wildman–Crippen MR) is 32.0 cm³/mol. The first-order chi connectivity index (χ1) is 5.34. The maximum atomic E-state index is 12.3. The van der Waals surface area contributed by atoms with Crippen LogP contribution in [-0.2, 0) is 4.79 Å². The van der Waals surface area contributed by atoms with E-state index in [1.54, 1.807) is 0 Å². The molecule has 68 valence electrons. The van der Waals surface area contributed by atoms with Gasteiger partial charge in [0.2, 0.25) is 5.83 Å². The zero-order valence-electron chi connectivity index (χ0n) is 5.65. The van der Waals surface area contributed by atoms with Gasteiger partial charge in [0.1, 0.15) is 11.9 Å². The van der Waals surface area contributed by atoms with Crippen LogP contribution in [0, 0.1) is 0 Å². The van der Waals surface area contributed by atoms with E-state index in [9.17, 15) is 22.4 Å². The quantitative estimate of drug-likeness (QED) is 0.538. The Labute approximate surface area is 64.8 Å². The summed E-state index contributed by atoms with van der Waals surface area (Å²) < 4.78 is 47.8. The van der Waals surface area contributed by atoms with Gasteiger partial charge in [-0.05, 0) is 0 Å². The molecule has 12 heavy (non-hydrogen) atoms. The van der Waals surface area contributed by atoms with Crippen molar-refractivity contribution in [2.75, 3.05) is 0 Å². The van der Waals surface area contributed by atoms with Gasteiger partial charge in [0.05, 0.1) is 0 Å². The van der Waals surface area contributed by atoms with Crippen molar-refractivity contribution in [3.8, 4) is 0 Å². The van der Waals surface area contributed by atoms with E-state index >= 15 is 0 Å². The molecule has 0 saturated heterocycles. The number of hydrogen-bond donors (Lipinski definition) is 1. The molecule has 0 aliphatic heterocycles. The average molecular weight is 184 g/mol. The van der Waals surface area contributed by atoms with Crippen molar-refractivity contribution in [3.05, 3.63) is 24.3 Å². The Bertz CT molecular complexity index is 244. The van der Waals surface area contributed by atoms with E-state index in [0.29, 0.717) is 0 Å². The monoisotopic (exact) mass is 184 g/mol. The SMILES string of the molecule is C=C(C(=O)O)C(F)(F)/C(F)=C/F. The van der Waals surface area contributed by atoms with Gasteiger partial charge in [-0.2, -0.15) is 8.78 Å². The van der Waals surface area contributed by atoms with Gasteiger partial charge in [0.25, 0.3) is 0 Å². The summed E-state index contributed by atoms with van der Waals surface area (Å²) in [6.07, 6.45) is -1.01. The first-order valence-corrected chi connectivity index (χ1v) is 2.61. The molecule has 0 saturated carbocycles. The van der Waals surface area contributed by atoms with E-state index in [1.165, 1.54) is 0 Å². The normalized spacial score (nSPS) is 12.8. The van der Waals surface area contributed by atoms with Crippen LogP contribution in [0.3, 0.4) is 0 Å². The van der Waals surface area contributed by atoms with Crippen LogP contribution in [0.1, 0.15) is 0 Å². The molecule has 0 aliphatic rings. The van der Waals surface area contributed by atoms with Crippen LogP contribution in [0.15, 0.2) is 24.3 Å². The highest BCUT2D eigenvalue weighted by Gasteiger charge is 2.42. The standard InChI is InChI=1S/C6H4F4O2/c1-3(5(11)12)6(9,10)4(8)2-7/h2H,1H2,(H,11,12)/b4-2-. The number of carbonyl (C=O) groups is 1. The third-order valence-corrected chi connectivity index (χ3v) is 1.03. The molecule has 0 aromatic heterocycles. The molecule has 6 heteroatoms. The Kier molecular flexibility index (Phi) is 3.00. The second-order valence-corrected chi connectivity index (χ2v) is 1.82. The van der Waals surface area contributed by atoms with Crippen molar-refractivity contribution in [2.45, 2.75) is 5.92 Å². The molecule has 0 heterocycles. The van der Waals surface area contributed by atoms with Gasteiger partial charge in [-0.1, -0.05) is 6.58 Å². The van der Waals surface area contributed by atoms with Gasteiger partial charge < -0.3 is 5.11 Å². The smallest absolute Gasteiger partial charge is 0.337 e. The number of carboxylic acid groups (broad SMARTS) is 1. The minimum atomic E-state index is -4.49. The molecule has 0 amide bonds. The number of allylic oxidation sites excluding steroid dienone is 1. The van der Waals surface area contributed by atoms with E-state index in [1.807, 2.05) is 0 Å². The Morgan fingerprint density at radius 2 is 1.92 bits per heavy atom. The van der Waals surface area contributed by atoms with E-state index < -0.39 is 29.6 Å². The van der Waals surface area contributed by atoms with Crippen molar-refractivity contribution in [3.63, 3.8) is 0 Å². The van der Waals surface area contributed by atoms with Gasteiger partial charge >= 0.3 is 11.9 Å². The van der Waals surface area contributed by atoms with Gasteiger partial charge in [0, 0.05) is 0 Å². The predicted octanol–water partition coefficient (Wildman–Crippen LogP) is 2.04. The number of aliphatic carboxylic acids is 1. The Balaban J connectivity index is 4.86. The fraction of sp³-hybridized carbons (Fsp3) is 0.167. The van der Waals surface area contributed by atoms with E-state index in [0.717, 1.165) is 0 Å². The van der Waals surface area contributed by atoms with Crippen molar-refractivity contribution in [2.24, 2.45) is 0 Å². The van der Waals surface area contributed by atoms with Crippen LogP contribution in [0.5, 0.6) is 0 Å². The molecular weight excluding hydrogens is 180 g/mol. The number of rotatable bonds is 3. The van der Waals surface area contributed by atoms with Crippen molar-refractivity contribution in [1.82, 2.24) is 0 Å². The summed E-state index contributed by atoms with van der Waals surface area (Å²) >= 11 is 0. The average Bonchev–Trinajstić information content (AvgIpc) is 2.01. The summed E-state index contributed by atoms with van der Waals surface area (Å²) in [5.74, 6) is -9.05. The fourth-order valence-electron chi connectivity index (χ4n) is 0.347. The summed E-state index contributed by atoms with van der Waals surface area (Å²) in [6, 6.07) is 0. The highest BCUT2D eigenvalue weighted by molar-refractivity contribution is 5.88. The zero-order valence-corrected chi connectivity index (χ0v) is 5.65. The summed E-state index contributed by atoms with van der Waals surface area (Å²) in [5, 5.41) is 7.97. The van der Waals surface area contributed by atoms with Gasteiger partial charge in [0.15, 0.2) is 0 Å². The topological polar surface area (TPSA) is 37.3 Å². The first-order valence-electron chi connectivity index (χ1n) is 2.61. The second kappa shape index (κ2) is 3.38. The third kappa shape index (κ3) is 1.84. The van der Waals surface area contributed by atoms with Crippen LogP contribution in [0.25, 0.3) is 0 Å². The van der Waals surface area contributed by atoms with Gasteiger partial charge in [-0.25, -0.2) is 13.6 Å². The lowest BCUT2D eigenvalue weighted by atomic mass is 10.1. The van der Waals surface area contributed by atoms with Crippen molar-refractivity contribution < 1.29 is 27.5 Å². The number of hydrogen-bond acceptors (Lipinski definition) is 1. The molecule has 0 unspecified atom stereocenters. The first kappa shape index (κ1) is 10.7. The molecule has 0 atom stereocenters. The molecular formula is C6H4F4O2.